The van der Waals surface area contributed by atoms with Crippen molar-refractivity contribution in [2.75, 3.05) is 32.5 Å². The molecule has 0 aromatic heterocycles. The predicted octanol–water partition coefficient (Wildman–Crippen LogP) is 1.65. The average Bonchev–Trinajstić information content (AvgIpc) is 2.34. The van der Waals surface area contributed by atoms with Crippen molar-refractivity contribution in [3.63, 3.8) is 0 Å². The van der Waals surface area contributed by atoms with Crippen molar-refractivity contribution in [2.45, 2.75) is 13.5 Å². The number of hydrogen-bond donors (Lipinski definition) is 1. The largest absolute Gasteiger partial charge is 0.393 e. The number of likely N-dealkylation sites (N-methyl/N-ethyl adjacent to an activating group) is 1. The van der Waals surface area contributed by atoms with Gasteiger partial charge in [0.15, 0.2) is 0 Å². The van der Waals surface area contributed by atoms with Crippen LogP contribution in [0, 0.1) is 10.1 Å². The van der Waals surface area contributed by atoms with E-state index in [0.29, 0.717) is 13.2 Å². The number of nitro groups is 1. The van der Waals surface area contributed by atoms with Gasteiger partial charge in [0.05, 0.1) is 11.5 Å². The zero-order valence-electron chi connectivity index (χ0n) is 10.8. The fraction of sp³-hybridized carbons (Fsp3) is 0.500. The van der Waals surface area contributed by atoms with Gasteiger partial charge < -0.3 is 10.5 Å². The summed E-state index contributed by atoms with van der Waals surface area (Å²) in [6.45, 7) is 5.15. The van der Waals surface area contributed by atoms with E-state index in [1.54, 1.807) is 19.2 Å². The average molecular weight is 253 g/mol. The lowest BCUT2D eigenvalue weighted by molar-refractivity contribution is -0.383. The number of rotatable bonds is 7. The molecule has 0 aliphatic heterocycles. The van der Waals surface area contributed by atoms with Gasteiger partial charge in [-0.05, 0) is 18.2 Å². The van der Waals surface area contributed by atoms with E-state index in [1.807, 2.05) is 0 Å². The third kappa shape index (κ3) is 3.97. The molecule has 0 saturated heterocycles. The first kappa shape index (κ1) is 14.4. The number of anilines is 1. The molecule has 0 fully saturated rings. The standard InChI is InChI=1S/C12H19N3O3/c1-3-14(6-7-18-2)9-10-4-5-12(15(16)17)11(13)8-10/h4-5,8H,3,6-7,9,13H2,1-2H3. The van der Waals surface area contributed by atoms with Gasteiger partial charge in [0.1, 0.15) is 5.69 Å². The quantitative estimate of drug-likeness (QED) is 0.454. The second kappa shape index (κ2) is 6.93. The second-order valence-corrected chi connectivity index (χ2v) is 4.01. The lowest BCUT2D eigenvalue weighted by atomic mass is 10.1. The molecule has 1 aromatic rings. The zero-order valence-corrected chi connectivity index (χ0v) is 10.8. The molecule has 0 amide bonds. The van der Waals surface area contributed by atoms with E-state index in [4.69, 9.17) is 10.5 Å². The smallest absolute Gasteiger partial charge is 0.292 e. The maximum atomic E-state index is 10.7. The summed E-state index contributed by atoms with van der Waals surface area (Å²) >= 11 is 0. The van der Waals surface area contributed by atoms with Gasteiger partial charge in [-0.15, -0.1) is 0 Å². The van der Waals surface area contributed by atoms with Crippen LogP contribution in [0.3, 0.4) is 0 Å². The van der Waals surface area contributed by atoms with Crippen LogP contribution in [0.4, 0.5) is 11.4 Å². The Morgan fingerprint density at radius 3 is 2.72 bits per heavy atom. The molecule has 0 atom stereocenters. The molecule has 0 unspecified atom stereocenters. The van der Waals surface area contributed by atoms with Crippen LogP contribution in [0.25, 0.3) is 0 Å². The summed E-state index contributed by atoms with van der Waals surface area (Å²) in [4.78, 5) is 12.4. The summed E-state index contributed by atoms with van der Waals surface area (Å²) in [7, 11) is 1.66. The van der Waals surface area contributed by atoms with Crippen LogP contribution < -0.4 is 5.73 Å². The van der Waals surface area contributed by atoms with Gasteiger partial charge in [-0.25, -0.2) is 0 Å². The van der Waals surface area contributed by atoms with Crippen LogP contribution in [0.2, 0.25) is 0 Å². The molecule has 6 nitrogen and oxygen atoms in total. The molecule has 0 spiro atoms. The normalized spacial score (nSPS) is 10.8. The number of hydrogen-bond acceptors (Lipinski definition) is 5. The van der Waals surface area contributed by atoms with Crippen molar-refractivity contribution in [2.24, 2.45) is 0 Å². The lowest BCUT2D eigenvalue weighted by Gasteiger charge is -2.20. The number of nitro benzene ring substituents is 1. The molecular formula is C12H19N3O3. The first-order valence-electron chi connectivity index (χ1n) is 5.82. The van der Waals surface area contributed by atoms with E-state index >= 15 is 0 Å². The van der Waals surface area contributed by atoms with Gasteiger partial charge in [-0.1, -0.05) is 13.0 Å². The van der Waals surface area contributed by atoms with Crippen LogP contribution in [0.15, 0.2) is 18.2 Å². The third-order valence-corrected chi connectivity index (χ3v) is 2.75. The molecular weight excluding hydrogens is 234 g/mol. The number of ether oxygens (including phenoxy) is 1. The number of nitrogens with zero attached hydrogens (tertiary/aromatic N) is 2. The second-order valence-electron chi connectivity index (χ2n) is 4.01. The fourth-order valence-electron chi connectivity index (χ4n) is 1.70. The Balaban J connectivity index is 2.72. The lowest BCUT2D eigenvalue weighted by Crippen LogP contribution is -2.26. The van der Waals surface area contributed by atoms with Crippen LogP contribution >= 0.6 is 0 Å². The van der Waals surface area contributed by atoms with Crippen LogP contribution in [0.1, 0.15) is 12.5 Å². The third-order valence-electron chi connectivity index (χ3n) is 2.75. The molecule has 1 rings (SSSR count). The highest BCUT2D eigenvalue weighted by Crippen LogP contribution is 2.22. The summed E-state index contributed by atoms with van der Waals surface area (Å²) in [6, 6.07) is 4.85. The summed E-state index contributed by atoms with van der Waals surface area (Å²) in [5.41, 5.74) is 6.79. The molecule has 0 radical (unpaired) electrons. The molecule has 0 aliphatic rings. The van der Waals surface area contributed by atoms with Crippen molar-refractivity contribution >= 4 is 11.4 Å². The fourth-order valence-corrected chi connectivity index (χ4v) is 1.70. The number of benzene rings is 1. The Morgan fingerprint density at radius 1 is 1.50 bits per heavy atom. The summed E-state index contributed by atoms with van der Waals surface area (Å²) < 4.78 is 5.03. The van der Waals surface area contributed by atoms with E-state index < -0.39 is 4.92 Å². The maximum Gasteiger partial charge on any atom is 0.292 e. The highest BCUT2D eigenvalue weighted by Gasteiger charge is 2.12. The van der Waals surface area contributed by atoms with Crippen molar-refractivity contribution in [3.8, 4) is 0 Å². The Kier molecular flexibility index (Phi) is 5.54. The number of nitrogen functional groups attached to an aromatic ring is 1. The summed E-state index contributed by atoms with van der Waals surface area (Å²) in [6.07, 6.45) is 0. The van der Waals surface area contributed by atoms with Gasteiger partial charge in [0.2, 0.25) is 0 Å². The van der Waals surface area contributed by atoms with E-state index in [9.17, 15) is 10.1 Å². The maximum absolute atomic E-state index is 10.7. The van der Waals surface area contributed by atoms with Crippen molar-refractivity contribution < 1.29 is 9.66 Å². The Bertz CT molecular complexity index is 410. The van der Waals surface area contributed by atoms with E-state index in [1.165, 1.54) is 6.07 Å². The molecule has 1 aromatic carbocycles. The van der Waals surface area contributed by atoms with Crippen molar-refractivity contribution in [1.29, 1.82) is 0 Å². The summed E-state index contributed by atoms with van der Waals surface area (Å²) in [5.74, 6) is 0. The van der Waals surface area contributed by atoms with Gasteiger partial charge in [-0.2, -0.15) is 0 Å². The van der Waals surface area contributed by atoms with Crippen molar-refractivity contribution in [1.82, 2.24) is 4.90 Å². The first-order valence-corrected chi connectivity index (χ1v) is 5.82. The minimum atomic E-state index is -0.471. The molecule has 0 aliphatic carbocycles. The summed E-state index contributed by atoms with van der Waals surface area (Å²) in [5, 5.41) is 10.7. The molecule has 100 valence electrons. The Morgan fingerprint density at radius 2 is 2.22 bits per heavy atom. The number of nitrogens with two attached hydrogens (primary N) is 1. The van der Waals surface area contributed by atoms with Crippen LogP contribution in [-0.4, -0.2) is 36.6 Å². The van der Waals surface area contributed by atoms with E-state index in [2.05, 4.69) is 11.8 Å². The van der Waals surface area contributed by atoms with Crippen molar-refractivity contribution in [3.05, 3.63) is 33.9 Å². The molecule has 6 heteroatoms. The predicted molar refractivity (Wildman–Crippen MR) is 70.3 cm³/mol. The topological polar surface area (TPSA) is 81.6 Å². The van der Waals surface area contributed by atoms with Crippen LogP contribution in [0.5, 0.6) is 0 Å². The van der Waals surface area contributed by atoms with Gasteiger partial charge in [-0.3, -0.25) is 15.0 Å². The minimum absolute atomic E-state index is 0.0429. The van der Waals surface area contributed by atoms with Gasteiger partial charge in [0, 0.05) is 26.3 Å². The van der Waals surface area contributed by atoms with Crippen LogP contribution in [-0.2, 0) is 11.3 Å². The molecule has 18 heavy (non-hydrogen) atoms. The Labute approximate surface area is 106 Å². The first-order chi connectivity index (χ1) is 8.58. The molecule has 2 N–H and O–H groups in total. The highest BCUT2D eigenvalue weighted by atomic mass is 16.6. The van der Waals surface area contributed by atoms with Gasteiger partial charge >= 0.3 is 0 Å². The molecule has 0 bridgehead atoms. The SMILES string of the molecule is CCN(CCOC)Cc1ccc([N+](=O)[O-])c(N)c1. The van der Waals surface area contributed by atoms with E-state index in [-0.39, 0.29) is 11.4 Å². The monoisotopic (exact) mass is 253 g/mol. The highest BCUT2D eigenvalue weighted by molar-refractivity contribution is 5.59. The Hall–Kier alpha value is -1.66. The molecule has 0 heterocycles. The molecule has 0 saturated carbocycles. The minimum Gasteiger partial charge on any atom is -0.393 e. The van der Waals surface area contributed by atoms with E-state index in [0.717, 1.165) is 18.7 Å². The van der Waals surface area contributed by atoms with Gasteiger partial charge in [0.25, 0.3) is 5.69 Å². The zero-order chi connectivity index (χ0) is 13.5. The number of methoxy groups -OCH3 is 1.